The summed E-state index contributed by atoms with van der Waals surface area (Å²) in [5, 5.41) is 0. The first-order valence-corrected chi connectivity index (χ1v) is 11.0. The van der Waals surface area contributed by atoms with E-state index in [1.807, 2.05) is 6.92 Å². The van der Waals surface area contributed by atoms with Crippen LogP contribution in [0.4, 0.5) is 0 Å². The van der Waals surface area contributed by atoms with Crippen molar-refractivity contribution in [1.29, 1.82) is 0 Å². The highest BCUT2D eigenvalue weighted by Gasteiger charge is 2.52. The van der Waals surface area contributed by atoms with E-state index < -0.39 is 5.60 Å². The number of hydrogen-bond donors (Lipinski definition) is 0. The Morgan fingerprint density at radius 1 is 1.04 bits per heavy atom. The number of esters is 1. The van der Waals surface area contributed by atoms with Crippen molar-refractivity contribution >= 4 is 37.8 Å². The summed E-state index contributed by atoms with van der Waals surface area (Å²) in [5.41, 5.74) is -0.596. The molecule has 0 amide bonds. The van der Waals surface area contributed by atoms with Crippen molar-refractivity contribution in [3.05, 3.63) is 0 Å². The minimum atomic E-state index is -0.596. The number of unbranched alkanes of at least 4 members (excludes halogenated alkanes) is 5. The highest BCUT2D eigenvalue weighted by molar-refractivity contribution is 9.12. The van der Waals surface area contributed by atoms with Gasteiger partial charge in [0.1, 0.15) is 0 Å². The summed E-state index contributed by atoms with van der Waals surface area (Å²) in [7, 11) is 0. The molecule has 1 fully saturated rings. The first-order chi connectivity index (χ1) is 11.1. The van der Waals surface area contributed by atoms with Gasteiger partial charge in [0, 0.05) is 9.65 Å². The number of alkyl halides is 2. The first kappa shape index (κ1) is 21.4. The van der Waals surface area contributed by atoms with Crippen LogP contribution < -0.4 is 0 Å². The van der Waals surface area contributed by atoms with Gasteiger partial charge in [-0.25, -0.2) is 4.79 Å². The monoisotopic (exact) mass is 454 g/mol. The minimum Gasteiger partial charge on any atom is -0.464 e. The Morgan fingerprint density at radius 2 is 1.61 bits per heavy atom. The zero-order valence-electron chi connectivity index (χ0n) is 14.6. The number of carbonyl (C=O) groups is 1. The van der Waals surface area contributed by atoms with Crippen LogP contribution >= 0.6 is 31.9 Å². The fraction of sp³-hybridized carbons (Fsp3) is 0.944. The van der Waals surface area contributed by atoms with Crippen LogP contribution in [0.1, 0.15) is 78.1 Å². The molecule has 1 rings (SSSR count). The van der Waals surface area contributed by atoms with Crippen LogP contribution in [0.5, 0.6) is 0 Å². The normalized spacial score (nSPS) is 22.6. The van der Waals surface area contributed by atoms with Gasteiger partial charge < -0.3 is 9.47 Å². The molecule has 3 unspecified atom stereocenters. The Kier molecular flexibility index (Phi) is 11.1. The lowest BCUT2D eigenvalue weighted by Gasteiger charge is -2.17. The topological polar surface area (TPSA) is 38.8 Å². The predicted octanol–water partition coefficient (Wildman–Crippen LogP) is 5.77. The van der Waals surface area contributed by atoms with Crippen LogP contribution in [-0.4, -0.2) is 34.4 Å². The third-order valence-corrected chi connectivity index (χ3v) is 7.33. The molecule has 0 aliphatic carbocycles. The van der Waals surface area contributed by atoms with Crippen LogP contribution in [0.25, 0.3) is 0 Å². The van der Waals surface area contributed by atoms with Crippen molar-refractivity contribution in [2.75, 3.05) is 13.2 Å². The largest absolute Gasteiger partial charge is 0.464 e. The van der Waals surface area contributed by atoms with E-state index in [0.29, 0.717) is 22.9 Å². The molecule has 23 heavy (non-hydrogen) atoms. The van der Waals surface area contributed by atoms with Crippen LogP contribution in [-0.2, 0) is 14.3 Å². The van der Waals surface area contributed by atoms with Gasteiger partial charge >= 0.3 is 5.97 Å². The number of epoxide rings is 1. The second-order valence-corrected chi connectivity index (χ2v) is 8.84. The van der Waals surface area contributed by atoms with Crippen LogP contribution in [0.15, 0.2) is 0 Å². The molecular weight excluding hydrogens is 424 g/mol. The molecule has 0 radical (unpaired) electrons. The first-order valence-electron chi connectivity index (χ1n) is 9.15. The molecule has 0 aromatic carbocycles. The minimum absolute atomic E-state index is 0.175. The average Bonchev–Trinajstić information content (AvgIpc) is 3.32. The summed E-state index contributed by atoms with van der Waals surface area (Å²) < 4.78 is 10.4. The van der Waals surface area contributed by atoms with E-state index in [1.54, 1.807) is 0 Å². The molecule has 0 spiro atoms. The van der Waals surface area contributed by atoms with Gasteiger partial charge in [-0.2, -0.15) is 0 Å². The maximum absolute atomic E-state index is 11.8. The molecule has 0 N–H and O–H groups in total. The lowest BCUT2D eigenvalue weighted by molar-refractivity contribution is -0.149. The fourth-order valence-electron chi connectivity index (χ4n) is 2.77. The van der Waals surface area contributed by atoms with E-state index in [1.165, 1.54) is 44.9 Å². The molecule has 0 aromatic rings. The van der Waals surface area contributed by atoms with Crippen molar-refractivity contribution in [3.63, 3.8) is 0 Å². The summed E-state index contributed by atoms with van der Waals surface area (Å²) >= 11 is 7.63. The lowest BCUT2D eigenvalue weighted by Crippen LogP contribution is -2.27. The summed E-state index contributed by atoms with van der Waals surface area (Å²) in [5.74, 6) is -0.175. The Labute approximate surface area is 158 Å². The molecule has 0 aromatic heterocycles. The Morgan fingerprint density at radius 3 is 2.09 bits per heavy atom. The molecule has 0 bridgehead atoms. The maximum Gasteiger partial charge on any atom is 0.340 e. The highest BCUT2D eigenvalue weighted by Crippen LogP contribution is 2.34. The predicted molar refractivity (Wildman–Crippen MR) is 103 cm³/mol. The number of hydrogen-bond acceptors (Lipinski definition) is 3. The van der Waals surface area contributed by atoms with E-state index in [0.717, 1.165) is 19.3 Å². The zero-order chi connectivity index (χ0) is 17.1. The van der Waals surface area contributed by atoms with E-state index in [4.69, 9.17) is 9.47 Å². The molecule has 0 saturated carbocycles. The van der Waals surface area contributed by atoms with Gasteiger partial charge in [-0.3, -0.25) is 0 Å². The van der Waals surface area contributed by atoms with E-state index in [-0.39, 0.29) is 5.97 Å². The lowest BCUT2D eigenvalue weighted by atomic mass is 10.0. The summed E-state index contributed by atoms with van der Waals surface area (Å²) in [6.07, 6.45) is 11.9. The quantitative estimate of drug-likeness (QED) is 0.144. The van der Waals surface area contributed by atoms with Crippen molar-refractivity contribution in [2.45, 2.75) is 93.3 Å². The van der Waals surface area contributed by atoms with Gasteiger partial charge in [0.15, 0.2) is 5.60 Å². The molecule has 3 nitrogen and oxygen atoms in total. The van der Waals surface area contributed by atoms with Crippen molar-refractivity contribution in [2.24, 2.45) is 0 Å². The molecule has 1 aliphatic rings. The van der Waals surface area contributed by atoms with Crippen LogP contribution in [0, 0.1) is 0 Å². The number of ether oxygens (including phenoxy) is 2. The second kappa shape index (κ2) is 11.9. The maximum atomic E-state index is 11.8. The third-order valence-electron chi connectivity index (χ3n) is 4.43. The van der Waals surface area contributed by atoms with Crippen molar-refractivity contribution in [3.8, 4) is 0 Å². The fourth-order valence-corrected chi connectivity index (χ4v) is 3.94. The molecule has 1 saturated heterocycles. The summed E-state index contributed by atoms with van der Waals surface area (Å²) in [4.78, 5) is 12.9. The Balaban J connectivity index is 2.04. The molecule has 5 heteroatoms. The number of rotatable bonds is 14. The van der Waals surface area contributed by atoms with E-state index >= 15 is 0 Å². The standard InChI is InChI=1S/C18H32Br2O3/c1-3-5-6-8-11-15(19)16(20)12-9-7-10-13-18(14-23-18)17(21)22-4-2/h15-16H,3-14H2,1-2H3. The van der Waals surface area contributed by atoms with Crippen molar-refractivity contribution in [1.82, 2.24) is 0 Å². The number of halogens is 2. The smallest absolute Gasteiger partial charge is 0.340 e. The zero-order valence-corrected chi connectivity index (χ0v) is 17.8. The van der Waals surface area contributed by atoms with Gasteiger partial charge in [-0.15, -0.1) is 0 Å². The van der Waals surface area contributed by atoms with E-state index in [2.05, 4.69) is 38.8 Å². The second-order valence-electron chi connectivity index (χ2n) is 6.48. The Hall–Kier alpha value is 0.390. The van der Waals surface area contributed by atoms with Crippen LogP contribution in [0.2, 0.25) is 0 Å². The SMILES string of the molecule is CCCCCCC(Br)C(Br)CCCCCC1(C(=O)OCC)CO1. The third kappa shape index (κ3) is 8.35. The molecule has 3 atom stereocenters. The van der Waals surface area contributed by atoms with Crippen molar-refractivity contribution < 1.29 is 14.3 Å². The average molecular weight is 456 g/mol. The van der Waals surface area contributed by atoms with E-state index in [9.17, 15) is 4.79 Å². The highest BCUT2D eigenvalue weighted by atomic mass is 79.9. The summed E-state index contributed by atoms with van der Waals surface area (Å²) in [6, 6.07) is 0. The number of carbonyl (C=O) groups excluding carboxylic acids is 1. The van der Waals surface area contributed by atoms with Gasteiger partial charge in [-0.1, -0.05) is 77.3 Å². The molecule has 1 aliphatic heterocycles. The molecular formula is C18H32Br2O3. The van der Waals surface area contributed by atoms with Gasteiger partial charge in [0.25, 0.3) is 0 Å². The summed E-state index contributed by atoms with van der Waals surface area (Å²) in [6.45, 7) is 5.05. The molecule has 136 valence electrons. The van der Waals surface area contributed by atoms with Crippen LogP contribution in [0.3, 0.4) is 0 Å². The van der Waals surface area contributed by atoms with Gasteiger partial charge in [0.2, 0.25) is 0 Å². The van der Waals surface area contributed by atoms with Gasteiger partial charge in [0.05, 0.1) is 13.2 Å². The Bertz CT molecular complexity index is 332. The van der Waals surface area contributed by atoms with Gasteiger partial charge in [-0.05, 0) is 32.6 Å². The molecule has 1 heterocycles.